The second kappa shape index (κ2) is 29.2. The minimum Gasteiger partial charge on any atom is -0.375 e. The number of hydrogen-bond acceptors (Lipinski definition) is 11. The molecule has 8 aromatic rings. The van der Waals surface area contributed by atoms with E-state index in [0.717, 1.165) is 44.5 Å². The van der Waals surface area contributed by atoms with E-state index < -0.39 is 67.2 Å². The molecule has 1 amide bonds. The number of carbonyl (C=O) groups excluding carboxylic acids is 1. The second-order valence-electron chi connectivity index (χ2n) is 21.0. The van der Waals surface area contributed by atoms with Gasteiger partial charge in [0.05, 0.1) is 78.2 Å². The second-order valence-corrected chi connectivity index (χ2v) is 21.0. The number of hydrogen-bond donors (Lipinski definition) is 0. The van der Waals surface area contributed by atoms with Gasteiger partial charge in [0, 0.05) is 0 Å². The van der Waals surface area contributed by atoms with Gasteiger partial charge in [0.2, 0.25) is 0 Å². The van der Waals surface area contributed by atoms with E-state index in [-0.39, 0.29) is 58.8 Å². The van der Waals surface area contributed by atoms with Crippen molar-refractivity contribution in [2.24, 2.45) is 0 Å². The zero-order valence-electron chi connectivity index (χ0n) is 46.0. The maximum atomic E-state index is 16.2. The Morgan fingerprint density at radius 1 is 0.317 bits per heavy atom. The molecule has 0 spiro atoms. The van der Waals surface area contributed by atoms with Gasteiger partial charge in [-0.25, -0.2) is 0 Å². The molecule has 3 aliphatic rings. The van der Waals surface area contributed by atoms with E-state index in [9.17, 15) is 0 Å². The largest absolute Gasteiger partial charge is 0.375 e. The molecule has 82 heavy (non-hydrogen) atoms. The molecule has 11 rings (SSSR count). The summed E-state index contributed by atoms with van der Waals surface area (Å²) in [4.78, 5) is 18.0. The van der Waals surface area contributed by atoms with Crippen molar-refractivity contribution in [2.45, 2.75) is 120 Å². The monoisotopic (exact) mass is 1100 g/mol. The smallest absolute Gasteiger partial charge is 0.255 e. The van der Waals surface area contributed by atoms with E-state index in [1.807, 2.05) is 248 Å². The SMILES string of the molecule is O=C1[C@H](O[C@H]2O[C@H](COCc3ccccc3)[C@@H](OCc3ccccc3)[C@H](OCc3ccccc3)[C@H]2OCc2ccccc2)[C@@H](OCc2ccccc2)[C@@H]2[C@@H](OCc3ccccc3)[C@H](OCc3ccccc3)[C@@H](COCc3ccccc3)N12. The molecule has 12 nitrogen and oxygen atoms in total. The molecule has 0 aromatic heterocycles. The van der Waals surface area contributed by atoms with Crippen molar-refractivity contribution >= 4 is 5.91 Å². The predicted octanol–water partition coefficient (Wildman–Crippen LogP) is 11.6. The zero-order chi connectivity index (χ0) is 55.6. The Bertz CT molecular complexity index is 3100. The van der Waals surface area contributed by atoms with E-state index in [2.05, 4.69) is 0 Å². The highest BCUT2D eigenvalue weighted by atomic mass is 16.7. The van der Waals surface area contributed by atoms with E-state index in [1.54, 1.807) is 0 Å². The van der Waals surface area contributed by atoms with Crippen LogP contribution in [0.4, 0.5) is 0 Å². The van der Waals surface area contributed by atoms with Crippen molar-refractivity contribution < 1.29 is 52.2 Å². The topological polar surface area (TPSA) is 113 Å². The lowest BCUT2D eigenvalue weighted by molar-refractivity contribution is -0.338. The highest BCUT2D eigenvalue weighted by Crippen LogP contribution is 2.43. The number of ether oxygens (including phenoxy) is 10. The molecule has 3 aliphatic heterocycles. The van der Waals surface area contributed by atoms with Crippen molar-refractivity contribution in [1.29, 1.82) is 0 Å². The van der Waals surface area contributed by atoms with Gasteiger partial charge >= 0.3 is 0 Å². The lowest BCUT2D eigenvalue weighted by atomic mass is 9.97. The zero-order valence-corrected chi connectivity index (χ0v) is 46.0. The molecule has 0 N–H and O–H groups in total. The van der Waals surface area contributed by atoms with Gasteiger partial charge in [-0.2, -0.15) is 0 Å². The minimum absolute atomic E-state index is 0.1000. The number of benzene rings is 8. The van der Waals surface area contributed by atoms with E-state index in [4.69, 9.17) is 47.4 Å². The Morgan fingerprint density at radius 2 is 0.622 bits per heavy atom. The van der Waals surface area contributed by atoms with Gasteiger partial charge in [0.1, 0.15) is 42.7 Å². The maximum Gasteiger partial charge on any atom is 0.255 e. The van der Waals surface area contributed by atoms with Gasteiger partial charge in [-0.15, -0.1) is 0 Å². The lowest BCUT2D eigenvalue weighted by Gasteiger charge is -2.46. The van der Waals surface area contributed by atoms with Crippen LogP contribution in [-0.4, -0.2) is 91.2 Å². The lowest BCUT2D eigenvalue weighted by Crippen LogP contribution is -2.63. The summed E-state index contributed by atoms with van der Waals surface area (Å²) in [5, 5.41) is 0. The van der Waals surface area contributed by atoms with Gasteiger partial charge in [0.25, 0.3) is 5.91 Å². The van der Waals surface area contributed by atoms with E-state index >= 15 is 4.79 Å². The molecule has 0 bridgehead atoms. The molecule has 0 unspecified atom stereocenters. The van der Waals surface area contributed by atoms with Crippen molar-refractivity contribution in [2.75, 3.05) is 13.2 Å². The molecule has 8 aromatic carbocycles. The molecule has 422 valence electrons. The summed E-state index contributed by atoms with van der Waals surface area (Å²) in [6.07, 6.45) is -8.00. The molecule has 12 heteroatoms. The Balaban J connectivity index is 0.985. The maximum absolute atomic E-state index is 16.2. The average Bonchev–Trinajstić information content (AvgIpc) is 3.71. The van der Waals surface area contributed by atoms with Crippen LogP contribution in [0.3, 0.4) is 0 Å². The van der Waals surface area contributed by atoms with Crippen LogP contribution >= 0.6 is 0 Å². The van der Waals surface area contributed by atoms with Gasteiger partial charge in [-0.1, -0.05) is 243 Å². The van der Waals surface area contributed by atoms with Crippen LogP contribution in [0, 0.1) is 0 Å². The first kappa shape index (κ1) is 56.7. The molecule has 3 heterocycles. The molecular weight excluding hydrogens is 1030 g/mol. The summed E-state index contributed by atoms with van der Waals surface area (Å²) in [5.41, 5.74) is 7.74. The van der Waals surface area contributed by atoms with Crippen LogP contribution in [0.15, 0.2) is 243 Å². The van der Waals surface area contributed by atoms with Gasteiger partial charge in [-0.3, -0.25) is 4.79 Å². The average molecular weight is 1100 g/mol. The van der Waals surface area contributed by atoms with Gasteiger partial charge in [0.15, 0.2) is 12.4 Å². The fourth-order valence-corrected chi connectivity index (χ4v) is 11.1. The highest BCUT2D eigenvalue weighted by Gasteiger charge is 2.65. The third-order valence-corrected chi connectivity index (χ3v) is 15.2. The van der Waals surface area contributed by atoms with E-state index in [1.165, 1.54) is 0 Å². The standard InChI is InChI=1S/C70H71NO11/c72-69-67(65(78-46-56-35-19-6-20-36-56)61-64(77-45-55-33-17-5-18-34-55)62(75-43-53-29-13-3-14-30-53)59(71(61)69)49-73-41-51-25-9-1-10-26-51)82-70-68(80-48-58-39-23-8-24-40-58)66(79-47-57-37-21-7-22-38-57)63(76-44-54-31-15-4-16-32-54)60(81-70)50-74-42-52-27-11-2-12-28-52/h1-40,59-68,70H,41-50H2/t59-,60-,61+,62-,63-,64-,65+,66+,67-,68-,70-/m1/s1. The number of nitrogens with zero attached hydrogens (tertiary/aromatic N) is 1. The molecule has 0 aliphatic carbocycles. The molecular formula is C70H71NO11. The summed E-state index contributed by atoms with van der Waals surface area (Å²) in [5.74, 6) is -0.318. The normalized spacial score (nSPS) is 24.1. The fourth-order valence-electron chi connectivity index (χ4n) is 11.1. The van der Waals surface area contributed by atoms with Crippen LogP contribution in [-0.2, 0) is 105 Å². The summed E-state index contributed by atoms with van der Waals surface area (Å²) < 4.78 is 70.3. The summed E-state index contributed by atoms with van der Waals surface area (Å²) >= 11 is 0. The number of carbonyl (C=O) groups is 1. The number of fused-ring (bicyclic) bond motifs is 1. The van der Waals surface area contributed by atoms with Crippen LogP contribution in [0.5, 0.6) is 0 Å². The first-order chi connectivity index (χ1) is 40.6. The molecule has 0 saturated carbocycles. The van der Waals surface area contributed by atoms with Crippen LogP contribution in [0.1, 0.15) is 44.5 Å². The fraction of sp³-hybridized carbons (Fsp3) is 0.300. The van der Waals surface area contributed by atoms with E-state index in [0.29, 0.717) is 13.2 Å². The first-order valence-electron chi connectivity index (χ1n) is 28.4. The molecule has 0 radical (unpaired) electrons. The number of rotatable bonds is 28. The summed E-state index contributed by atoms with van der Waals surface area (Å²) in [7, 11) is 0. The summed E-state index contributed by atoms with van der Waals surface area (Å²) in [6.45, 7) is 2.24. The first-order valence-corrected chi connectivity index (χ1v) is 28.4. The third-order valence-electron chi connectivity index (χ3n) is 15.2. The minimum atomic E-state index is -1.24. The predicted molar refractivity (Wildman–Crippen MR) is 310 cm³/mol. The van der Waals surface area contributed by atoms with Crippen molar-refractivity contribution in [1.82, 2.24) is 4.90 Å². The van der Waals surface area contributed by atoms with Crippen LogP contribution in [0.2, 0.25) is 0 Å². The molecule has 11 atom stereocenters. The van der Waals surface area contributed by atoms with Gasteiger partial charge < -0.3 is 52.3 Å². The molecule has 3 fully saturated rings. The van der Waals surface area contributed by atoms with Crippen molar-refractivity contribution in [3.8, 4) is 0 Å². The highest BCUT2D eigenvalue weighted by molar-refractivity contribution is 5.86. The Hall–Kier alpha value is -7.17. The molecule has 3 saturated heterocycles. The van der Waals surface area contributed by atoms with Gasteiger partial charge in [-0.05, 0) is 44.5 Å². The third kappa shape index (κ3) is 14.9. The quantitative estimate of drug-likeness (QED) is 0.0467. The van der Waals surface area contributed by atoms with Crippen LogP contribution in [0.25, 0.3) is 0 Å². The number of amides is 1. The van der Waals surface area contributed by atoms with Crippen molar-refractivity contribution in [3.05, 3.63) is 287 Å². The Morgan fingerprint density at radius 3 is 1.01 bits per heavy atom. The Kier molecular flexibility index (Phi) is 20.2. The van der Waals surface area contributed by atoms with Crippen LogP contribution < -0.4 is 0 Å². The van der Waals surface area contributed by atoms with Crippen molar-refractivity contribution in [3.63, 3.8) is 0 Å². The Labute approximate surface area is 481 Å². The summed E-state index contributed by atoms with van der Waals surface area (Å²) in [6, 6.07) is 78.7.